The number of benzene rings is 1. The lowest BCUT2D eigenvalue weighted by molar-refractivity contribution is -0.142. The normalized spacial score (nSPS) is 14.2. The van der Waals surface area contributed by atoms with E-state index in [-0.39, 0.29) is 35.6 Å². The highest BCUT2D eigenvalue weighted by Crippen LogP contribution is 2.40. The molecule has 0 saturated carbocycles. The predicted molar refractivity (Wildman–Crippen MR) is 156 cm³/mol. The molecule has 4 heterocycles. The number of likely N-dealkylation sites (tertiary alicyclic amines) is 1. The number of hydrogen-bond acceptors (Lipinski definition) is 7. The average Bonchev–Trinajstić information content (AvgIpc) is 3.24. The Bertz CT molecular complexity index is 1690. The first-order valence-electron chi connectivity index (χ1n) is 12.8. The van der Waals surface area contributed by atoms with Crippen molar-refractivity contribution in [3.63, 3.8) is 0 Å². The second-order valence-corrected chi connectivity index (χ2v) is 12.4. The molecule has 0 atom stereocenters. The van der Waals surface area contributed by atoms with Crippen LogP contribution in [-0.4, -0.2) is 51.4 Å². The van der Waals surface area contributed by atoms with Crippen LogP contribution in [0.5, 0.6) is 5.75 Å². The second kappa shape index (κ2) is 10.7. The number of halogens is 1. The smallest absolute Gasteiger partial charge is 0.265 e. The predicted octanol–water partition coefficient (Wildman–Crippen LogP) is 4.60. The monoisotopic (exact) mass is 579 g/mol. The Labute approximate surface area is 240 Å². The number of aromatic nitrogens is 3. The number of nitrogens with one attached hydrogen (secondary N) is 1. The van der Waals surface area contributed by atoms with Crippen LogP contribution >= 0.6 is 22.9 Å². The van der Waals surface area contributed by atoms with E-state index >= 15 is 0 Å². The Hall–Kier alpha value is -3.76. The van der Waals surface area contributed by atoms with E-state index in [2.05, 4.69) is 29.1 Å². The molecule has 1 aliphatic heterocycles. The number of hydrogen-bond donors (Lipinski definition) is 1. The maximum absolute atomic E-state index is 13.7. The molecule has 0 radical (unpaired) electrons. The standard InChI is InChI=1S/C29H30ClN5O4S/c1-16-25(40-17(2)33-16)22-12-31-26-20(24(22)39-5)10-21(27(37)32-11-18-6-8-19(30)9-7-18)28(38)35(26)13-23(36)34-14-29(3,4)15-34/h6-10,12H,11,13-15H2,1-5H3,(H,32,37). The van der Waals surface area contributed by atoms with Gasteiger partial charge < -0.3 is 15.0 Å². The van der Waals surface area contributed by atoms with E-state index in [4.69, 9.17) is 16.3 Å². The zero-order valence-electron chi connectivity index (χ0n) is 23.0. The van der Waals surface area contributed by atoms with Gasteiger partial charge in [0.05, 0.1) is 33.6 Å². The molecule has 208 valence electrons. The fraction of sp³-hybridized carbons (Fsp3) is 0.345. The Morgan fingerprint density at radius 3 is 2.48 bits per heavy atom. The van der Waals surface area contributed by atoms with Crippen molar-refractivity contribution in [2.24, 2.45) is 5.41 Å². The van der Waals surface area contributed by atoms with Crippen LogP contribution in [0.4, 0.5) is 0 Å². The van der Waals surface area contributed by atoms with Crippen molar-refractivity contribution < 1.29 is 14.3 Å². The zero-order valence-corrected chi connectivity index (χ0v) is 24.6. The van der Waals surface area contributed by atoms with Crippen molar-refractivity contribution in [3.8, 4) is 16.2 Å². The van der Waals surface area contributed by atoms with Gasteiger partial charge in [-0.15, -0.1) is 11.3 Å². The van der Waals surface area contributed by atoms with Gasteiger partial charge in [0.2, 0.25) is 5.91 Å². The van der Waals surface area contributed by atoms with Gasteiger partial charge in [-0.2, -0.15) is 0 Å². The molecule has 9 nitrogen and oxygen atoms in total. The van der Waals surface area contributed by atoms with Crippen LogP contribution in [0.3, 0.4) is 0 Å². The molecule has 1 N–H and O–H groups in total. The Morgan fingerprint density at radius 2 is 1.88 bits per heavy atom. The lowest BCUT2D eigenvalue weighted by Crippen LogP contribution is -2.56. The quantitative estimate of drug-likeness (QED) is 0.343. The number of carbonyl (C=O) groups excluding carboxylic acids is 2. The molecular formula is C29H30ClN5O4S. The molecule has 4 aromatic rings. The molecule has 0 spiro atoms. The maximum Gasteiger partial charge on any atom is 0.265 e. The van der Waals surface area contributed by atoms with E-state index < -0.39 is 11.5 Å². The lowest BCUT2D eigenvalue weighted by atomic mass is 9.84. The topological polar surface area (TPSA) is 106 Å². The van der Waals surface area contributed by atoms with Gasteiger partial charge in [0.25, 0.3) is 11.5 Å². The minimum Gasteiger partial charge on any atom is -0.495 e. The van der Waals surface area contributed by atoms with Crippen molar-refractivity contribution in [1.82, 2.24) is 24.8 Å². The number of ether oxygens (including phenoxy) is 1. The molecule has 11 heteroatoms. The number of nitrogens with zero attached hydrogens (tertiary/aromatic N) is 4. The highest BCUT2D eigenvalue weighted by molar-refractivity contribution is 7.15. The summed E-state index contributed by atoms with van der Waals surface area (Å²) in [6.45, 7) is 9.16. The lowest BCUT2D eigenvalue weighted by Gasteiger charge is -2.45. The van der Waals surface area contributed by atoms with Crippen LogP contribution in [0, 0.1) is 19.3 Å². The molecule has 0 bridgehead atoms. The van der Waals surface area contributed by atoms with Crippen molar-refractivity contribution in [2.45, 2.75) is 40.8 Å². The van der Waals surface area contributed by atoms with E-state index in [0.29, 0.717) is 34.8 Å². The van der Waals surface area contributed by atoms with Gasteiger partial charge in [-0.1, -0.05) is 37.6 Å². The number of rotatable bonds is 7. The third kappa shape index (κ3) is 5.33. The third-order valence-corrected chi connectivity index (χ3v) is 8.27. The average molecular weight is 580 g/mol. The van der Waals surface area contributed by atoms with E-state index in [0.717, 1.165) is 21.1 Å². The fourth-order valence-corrected chi connectivity index (χ4v) is 6.10. The Balaban J connectivity index is 1.61. The van der Waals surface area contributed by atoms with Crippen LogP contribution in [0.15, 0.2) is 41.3 Å². The molecule has 0 aliphatic carbocycles. The van der Waals surface area contributed by atoms with Gasteiger partial charge in [-0.3, -0.25) is 19.0 Å². The maximum atomic E-state index is 13.7. The molecule has 40 heavy (non-hydrogen) atoms. The first kappa shape index (κ1) is 27.8. The summed E-state index contributed by atoms with van der Waals surface area (Å²) in [6.07, 6.45) is 1.63. The van der Waals surface area contributed by atoms with Gasteiger partial charge in [0.1, 0.15) is 23.5 Å². The number of thiazole rings is 1. The van der Waals surface area contributed by atoms with Crippen molar-refractivity contribution >= 4 is 45.8 Å². The number of aryl methyl sites for hydroxylation is 2. The first-order valence-corrected chi connectivity index (χ1v) is 14.0. The summed E-state index contributed by atoms with van der Waals surface area (Å²) in [5.41, 5.74) is 1.96. The molecule has 1 aromatic carbocycles. The summed E-state index contributed by atoms with van der Waals surface area (Å²) in [7, 11) is 1.53. The van der Waals surface area contributed by atoms with Crippen molar-refractivity contribution in [2.75, 3.05) is 20.2 Å². The molecule has 1 fully saturated rings. The van der Waals surface area contributed by atoms with E-state index in [1.165, 1.54) is 29.1 Å². The highest BCUT2D eigenvalue weighted by atomic mass is 35.5. The second-order valence-electron chi connectivity index (χ2n) is 10.8. The van der Waals surface area contributed by atoms with E-state index in [9.17, 15) is 14.4 Å². The number of pyridine rings is 2. The molecule has 1 saturated heterocycles. The van der Waals surface area contributed by atoms with Gasteiger partial charge >= 0.3 is 0 Å². The molecule has 3 aromatic heterocycles. The fourth-order valence-electron chi connectivity index (χ4n) is 5.04. The van der Waals surface area contributed by atoms with Crippen LogP contribution in [-0.2, 0) is 17.9 Å². The minimum absolute atomic E-state index is 0.0349. The van der Waals surface area contributed by atoms with Gasteiger partial charge in [0.15, 0.2) is 0 Å². The van der Waals surface area contributed by atoms with Gasteiger partial charge in [0, 0.05) is 30.9 Å². The Kier molecular flexibility index (Phi) is 7.41. The van der Waals surface area contributed by atoms with Crippen molar-refractivity contribution in [1.29, 1.82) is 0 Å². The highest BCUT2D eigenvalue weighted by Gasteiger charge is 2.37. The summed E-state index contributed by atoms with van der Waals surface area (Å²) >= 11 is 7.48. The minimum atomic E-state index is -0.596. The summed E-state index contributed by atoms with van der Waals surface area (Å²) in [5, 5.41) is 4.75. The molecule has 1 aliphatic rings. The first-order chi connectivity index (χ1) is 19.0. The number of amides is 2. The largest absolute Gasteiger partial charge is 0.495 e. The van der Waals surface area contributed by atoms with Gasteiger partial charge in [-0.25, -0.2) is 9.97 Å². The summed E-state index contributed by atoms with van der Waals surface area (Å²) < 4.78 is 7.12. The van der Waals surface area contributed by atoms with Crippen LogP contribution in [0.1, 0.15) is 40.5 Å². The number of carbonyl (C=O) groups is 2. The van der Waals surface area contributed by atoms with E-state index in [1.807, 2.05) is 13.8 Å². The molecule has 2 amide bonds. The molecular weight excluding hydrogens is 550 g/mol. The summed E-state index contributed by atoms with van der Waals surface area (Å²) in [5.74, 6) is -0.319. The number of methoxy groups -OCH3 is 1. The third-order valence-electron chi connectivity index (χ3n) is 6.91. The number of fused-ring (bicyclic) bond motifs is 1. The Morgan fingerprint density at radius 1 is 1.18 bits per heavy atom. The van der Waals surface area contributed by atoms with Crippen LogP contribution in [0.25, 0.3) is 21.5 Å². The van der Waals surface area contributed by atoms with Crippen LogP contribution in [0.2, 0.25) is 5.02 Å². The van der Waals surface area contributed by atoms with Gasteiger partial charge in [-0.05, 0) is 43.0 Å². The van der Waals surface area contributed by atoms with Crippen LogP contribution < -0.4 is 15.6 Å². The summed E-state index contributed by atoms with van der Waals surface area (Å²) in [6, 6.07) is 8.56. The summed E-state index contributed by atoms with van der Waals surface area (Å²) in [4.78, 5) is 52.0. The molecule has 5 rings (SSSR count). The molecule has 0 unspecified atom stereocenters. The van der Waals surface area contributed by atoms with Crippen molar-refractivity contribution in [3.05, 3.63) is 73.7 Å². The van der Waals surface area contributed by atoms with E-state index in [1.54, 1.807) is 35.4 Å². The SMILES string of the molecule is COc1c(-c2sc(C)nc2C)cnc2c1cc(C(=O)NCc1ccc(Cl)cc1)c(=O)n2CC(=O)N1CC(C)(C)C1. The zero-order chi connectivity index (χ0) is 28.8.